The van der Waals surface area contributed by atoms with E-state index in [1.165, 1.54) is 0 Å². The summed E-state index contributed by atoms with van der Waals surface area (Å²) < 4.78 is 11.6. The molecule has 1 fully saturated rings. The van der Waals surface area contributed by atoms with Gasteiger partial charge in [0.1, 0.15) is 0 Å². The summed E-state index contributed by atoms with van der Waals surface area (Å²) >= 11 is 0. The van der Waals surface area contributed by atoms with Gasteiger partial charge in [0, 0.05) is 25.7 Å². The van der Waals surface area contributed by atoms with Crippen LogP contribution in [0.25, 0.3) is 0 Å². The van der Waals surface area contributed by atoms with Gasteiger partial charge in [-0.05, 0) is 31.4 Å². The second kappa shape index (κ2) is 7.35. The van der Waals surface area contributed by atoms with Crippen LogP contribution < -0.4 is 4.90 Å². The van der Waals surface area contributed by atoms with Crippen LogP contribution in [-0.4, -0.2) is 34.4 Å². The predicted molar refractivity (Wildman–Crippen MR) is 82.6 cm³/mol. The minimum Gasteiger partial charge on any atom is -0.408 e. The van der Waals surface area contributed by atoms with Gasteiger partial charge in [-0.3, -0.25) is 4.98 Å². The molecule has 6 nitrogen and oxygen atoms in total. The highest BCUT2D eigenvalue weighted by atomic mass is 16.5. The van der Waals surface area contributed by atoms with Crippen LogP contribution in [0.15, 0.2) is 28.8 Å². The van der Waals surface area contributed by atoms with Crippen LogP contribution in [-0.2, 0) is 17.8 Å². The van der Waals surface area contributed by atoms with Crippen molar-refractivity contribution in [3.05, 3.63) is 36.0 Å². The molecule has 0 bridgehead atoms. The van der Waals surface area contributed by atoms with Crippen LogP contribution in [0.4, 0.5) is 6.01 Å². The first kappa shape index (κ1) is 15.0. The Bertz CT molecular complexity index is 565. The van der Waals surface area contributed by atoms with Crippen molar-refractivity contribution in [2.75, 3.05) is 18.0 Å². The summed E-state index contributed by atoms with van der Waals surface area (Å²) in [5.41, 5.74) is 0.978. The Kier molecular flexibility index (Phi) is 5.00. The number of piperidine rings is 1. The molecular formula is C16H22N4O2. The fraction of sp³-hybridized carbons (Fsp3) is 0.562. The van der Waals surface area contributed by atoms with Gasteiger partial charge in [0.25, 0.3) is 0 Å². The van der Waals surface area contributed by atoms with Gasteiger partial charge in [-0.2, -0.15) is 0 Å². The number of aryl methyl sites for hydroxylation is 1. The summed E-state index contributed by atoms with van der Waals surface area (Å²) in [6.45, 7) is 4.46. The zero-order valence-electron chi connectivity index (χ0n) is 12.9. The predicted octanol–water partition coefficient (Wildman–Crippen LogP) is 2.60. The molecule has 22 heavy (non-hydrogen) atoms. The summed E-state index contributed by atoms with van der Waals surface area (Å²) in [7, 11) is 0. The molecule has 6 heteroatoms. The Hall–Kier alpha value is -1.95. The zero-order chi connectivity index (χ0) is 15.2. The van der Waals surface area contributed by atoms with Crippen molar-refractivity contribution >= 4 is 6.01 Å². The molecule has 0 amide bonds. The van der Waals surface area contributed by atoms with E-state index in [4.69, 9.17) is 9.15 Å². The van der Waals surface area contributed by atoms with Gasteiger partial charge in [0.05, 0.1) is 18.4 Å². The van der Waals surface area contributed by atoms with Gasteiger partial charge >= 0.3 is 6.01 Å². The summed E-state index contributed by atoms with van der Waals surface area (Å²) in [5.74, 6) is 0.728. The smallest absolute Gasteiger partial charge is 0.318 e. The molecule has 0 atom stereocenters. The van der Waals surface area contributed by atoms with Crippen LogP contribution in [0.2, 0.25) is 0 Å². The highest BCUT2D eigenvalue weighted by Crippen LogP contribution is 2.21. The molecule has 0 radical (unpaired) electrons. The fourth-order valence-electron chi connectivity index (χ4n) is 2.59. The Morgan fingerprint density at radius 3 is 2.86 bits per heavy atom. The van der Waals surface area contributed by atoms with Crippen molar-refractivity contribution in [3.8, 4) is 0 Å². The molecule has 1 saturated heterocycles. The molecule has 0 aromatic carbocycles. The highest BCUT2D eigenvalue weighted by Gasteiger charge is 2.23. The SMILES string of the molecule is CCCc1nnc(N2CCC(OCc3ccccn3)CC2)o1. The molecule has 0 aliphatic carbocycles. The van der Waals surface area contributed by atoms with Gasteiger partial charge in [0.2, 0.25) is 5.89 Å². The lowest BCUT2D eigenvalue weighted by Crippen LogP contribution is -2.37. The van der Waals surface area contributed by atoms with E-state index in [1.54, 1.807) is 6.20 Å². The van der Waals surface area contributed by atoms with Gasteiger partial charge < -0.3 is 14.1 Å². The molecule has 1 aliphatic rings. The van der Waals surface area contributed by atoms with Crippen molar-refractivity contribution in [2.45, 2.75) is 45.3 Å². The van der Waals surface area contributed by atoms with E-state index >= 15 is 0 Å². The average Bonchev–Trinajstić information content (AvgIpc) is 3.03. The maximum absolute atomic E-state index is 5.94. The Balaban J connectivity index is 1.45. The van der Waals surface area contributed by atoms with Gasteiger partial charge in [-0.1, -0.05) is 18.1 Å². The van der Waals surface area contributed by atoms with Gasteiger partial charge in [0.15, 0.2) is 0 Å². The number of nitrogens with zero attached hydrogens (tertiary/aromatic N) is 4. The van der Waals surface area contributed by atoms with E-state index in [-0.39, 0.29) is 6.10 Å². The second-order valence-corrected chi connectivity index (χ2v) is 5.55. The molecule has 0 spiro atoms. The lowest BCUT2D eigenvalue weighted by atomic mass is 10.1. The lowest BCUT2D eigenvalue weighted by molar-refractivity contribution is 0.0229. The Labute approximate surface area is 130 Å². The molecule has 1 aliphatic heterocycles. The van der Waals surface area contributed by atoms with Crippen molar-refractivity contribution in [1.29, 1.82) is 0 Å². The molecule has 118 valence electrons. The number of hydrogen-bond acceptors (Lipinski definition) is 6. The standard InChI is InChI=1S/C16H22N4O2/c1-2-5-15-18-19-16(22-15)20-10-7-14(8-11-20)21-12-13-6-3-4-9-17-13/h3-4,6,9,14H,2,5,7-8,10-12H2,1H3. The Morgan fingerprint density at radius 2 is 2.14 bits per heavy atom. The minimum absolute atomic E-state index is 0.274. The first-order chi connectivity index (χ1) is 10.8. The number of anilines is 1. The van der Waals surface area contributed by atoms with E-state index in [0.717, 1.165) is 50.4 Å². The van der Waals surface area contributed by atoms with E-state index in [0.29, 0.717) is 12.6 Å². The molecule has 3 heterocycles. The van der Waals surface area contributed by atoms with Crippen LogP contribution in [0.5, 0.6) is 0 Å². The van der Waals surface area contributed by atoms with E-state index in [2.05, 4.69) is 27.0 Å². The molecule has 2 aromatic heterocycles. The maximum atomic E-state index is 5.94. The largest absolute Gasteiger partial charge is 0.408 e. The average molecular weight is 302 g/mol. The summed E-state index contributed by atoms with van der Waals surface area (Å²) in [4.78, 5) is 6.42. The third kappa shape index (κ3) is 3.82. The van der Waals surface area contributed by atoms with Crippen LogP contribution >= 0.6 is 0 Å². The van der Waals surface area contributed by atoms with Crippen molar-refractivity contribution < 1.29 is 9.15 Å². The topological polar surface area (TPSA) is 64.3 Å². The number of pyridine rings is 1. The first-order valence-corrected chi connectivity index (χ1v) is 7.94. The number of aromatic nitrogens is 3. The van der Waals surface area contributed by atoms with Crippen molar-refractivity contribution in [1.82, 2.24) is 15.2 Å². The van der Waals surface area contributed by atoms with Gasteiger partial charge in [-0.25, -0.2) is 0 Å². The molecule has 3 rings (SSSR count). The summed E-state index contributed by atoms with van der Waals surface area (Å²) in [6, 6.07) is 6.53. The number of hydrogen-bond donors (Lipinski definition) is 0. The van der Waals surface area contributed by atoms with Crippen LogP contribution in [0, 0.1) is 0 Å². The molecule has 2 aromatic rings. The third-order valence-electron chi connectivity index (χ3n) is 3.83. The van der Waals surface area contributed by atoms with Crippen LogP contribution in [0.3, 0.4) is 0 Å². The molecule has 0 N–H and O–H groups in total. The minimum atomic E-state index is 0.274. The highest BCUT2D eigenvalue weighted by molar-refractivity contribution is 5.24. The quantitative estimate of drug-likeness (QED) is 0.817. The lowest BCUT2D eigenvalue weighted by Gasteiger charge is -2.30. The van der Waals surface area contributed by atoms with Crippen molar-refractivity contribution in [2.24, 2.45) is 0 Å². The number of ether oxygens (including phenoxy) is 1. The van der Waals surface area contributed by atoms with E-state index in [1.807, 2.05) is 18.2 Å². The van der Waals surface area contributed by atoms with Gasteiger partial charge in [-0.15, -0.1) is 5.10 Å². The molecular weight excluding hydrogens is 280 g/mol. The maximum Gasteiger partial charge on any atom is 0.318 e. The van der Waals surface area contributed by atoms with Crippen LogP contribution in [0.1, 0.15) is 37.8 Å². The van der Waals surface area contributed by atoms with Crippen molar-refractivity contribution in [3.63, 3.8) is 0 Å². The molecule has 0 unspecified atom stereocenters. The Morgan fingerprint density at radius 1 is 1.27 bits per heavy atom. The second-order valence-electron chi connectivity index (χ2n) is 5.55. The summed E-state index contributed by atoms with van der Waals surface area (Å²) in [6.07, 6.45) is 5.87. The van der Waals surface area contributed by atoms with E-state index in [9.17, 15) is 0 Å². The third-order valence-corrected chi connectivity index (χ3v) is 3.83. The summed E-state index contributed by atoms with van der Waals surface area (Å²) in [5, 5.41) is 8.21. The normalized spacial score (nSPS) is 16.1. The van der Waals surface area contributed by atoms with E-state index < -0.39 is 0 Å². The molecule has 0 saturated carbocycles. The monoisotopic (exact) mass is 302 g/mol. The fourth-order valence-corrected chi connectivity index (χ4v) is 2.59. The first-order valence-electron chi connectivity index (χ1n) is 7.94. The number of rotatable bonds is 6. The zero-order valence-corrected chi connectivity index (χ0v) is 12.9.